The molecule has 134 valence electrons. The van der Waals surface area contributed by atoms with Crippen LogP contribution >= 0.6 is 15.9 Å². The molecule has 5 nitrogen and oxygen atoms in total. The summed E-state index contributed by atoms with van der Waals surface area (Å²) in [4.78, 5) is 8.63. The van der Waals surface area contributed by atoms with Gasteiger partial charge in [0.15, 0.2) is 11.5 Å². The van der Waals surface area contributed by atoms with Gasteiger partial charge in [-0.1, -0.05) is 22.0 Å². The Morgan fingerprint density at radius 2 is 2.04 bits per heavy atom. The van der Waals surface area contributed by atoms with Gasteiger partial charge in [-0.3, -0.25) is 0 Å². The third kappa shape index (κ3) is 3.35. The highest BCUT2D eigenvalue weighted by atomic mass is 79.9. The molecule has 0 bridgehead atoms. The van der Waals surface area contributed by atoms with E-state index in [-0.39, 0.29) is 0 Å². The van der Waals surface area contributed by atoms with Crippen molar-refractivity contribution in [2.45, 2.75) is 6.42 Å². The van der Waals surface area contributed by atoms with Crippen LogP contribution in [0.2, 0.25) is 0 Å². The van der Waals surface area contributed by atoms with Crippen molar-refractivity contribution < 1.29 is 13.9 Å². The zero-order valence-corrected chi connectivity index (χ0v) is 15.9. The third-order valence-corrected chi connectivity index (χ3v) is 4.39. The van der Waals surface area contributed by atoms with Crippen molar-refractivity contribution in [3.8, 4) is 11.5 Å². The van der Waals surface area contributed by atoms with Crippen molar-refractivity contribution in [3.05, 3.63) is 59.1 Å². The fraction of sp³-hybridized carbons (Fsp3) is 0.158. The van der Waals surface area contributed by atoms with Crippen molar-refractivity contribution in [3.63, 3.8) is 0 Å². The Balaban J connectivity index is 2.24. The number of anilines is 2. The Hall–Kier alpha value is -2.67. The highest BCUT2D eigenvalue weighted by molar-refractivity contribution is 9.10. The number of methoxy groups -OCH3 is 2. The van der Waals surface area contributed by atoms with Gasteiger partial charge in [-0.2, -0.15) is 0 Å². The van der Waals surface area contributed by atoms with Crippen LogP contribution < -0.4 is 14.8 Å². The molecule has 0 atom stereocenters. The summed E-state index contributed by atoms with van der Waals surface area (Å²) in [6.07, 6.45) is 3.69. The molecular formula is C19H17BrFN3O2. The van der Waals surface area contributed by atoms with E-state index in [2.05, 4.69) is 37.8 Å². The first-order chi connectivity index (χ1) is 12.6. The first-order valence-corrected chi connectivity index (χ1v) is 8.59. The number of ether oxygens (including phenoxy) is 2. The van der Waals surface area contributed by atoms with E-state index < -0.39 is 5.82 Å². The number of allylic oxidation sites excluding steroid dienone is 1. The molecule has 0 saturated carbocycles. The van der Waals surface area contributed by atoms with Gasteiger partial charge in [0.1, 0.15) is 18.0 Å². The Morgan fingerprint density at radius 3 is 2.69 bits per heavy atom. The number of hydrogen-bond acceptors (Lipinski definition) is 5. The summed E-state index contributed by atoms with van der Waals surface area (Å²) >= 11 is 3.25. The van der Waals surface area contributed by atoms with Crippen molar-refractivity contribution in [2.75, 3.05) is 19.5 Å². The minimum absolute atomic E-state index is 0.313. The van der Waals surface area contributed by atoms with Crippen molar-refractivity contribution in [1.29, 1.82) is 0 Å². The monoisotopic (exact) mass is 417 g/mol. The van der Waals surface area contributed by atoms with Gasteiger partial charge in [0.2, 0.25) is 0 Å². The average Bonchev–Trinajstić information content (AvgIpc) is 2.63. The summed E-state index contributed by atoms with van der Waals surface area (Å²) in [5, 5.41) is 3.78. The van der Waals surface area contributed by atoms with Crippen molar-refractivity contribution in [1.82, 2.24) is 9.97 Å². The summed E-state index contributed by atoms with van der Waals surface area (Å²) in [5.41, 5.74) is 1.79. The maximum absolute atomic E-state index is 14.3. The fourth-order valence-electron chi connectivity index (χ4n) is 2.79. The van der Waals surface area contributed by atoms with E-state index in [0.717, 1.165) is 10.9 Å². The molecule has 0 radical (unpaired) electrons. The number of aromatic nitrogens is 2. The summed E-state index contributed by atoms with van der Waals surface area (Å²) in [5.74, 6) is 1.23. The maximum Gasteiger partial charge on any atom is 0.165 e. The SMILES string of the molecule is C=CCc1c(OC)c(OC)cc2ncnc(Nc3ccc(Br)cc3F)c12. The normalized spacial score (nSPS) is 10.6. The summed E-state index contributed by atoms with van der Waals surface area (Å²) in [7, 11) is 3.14. The van der Waals surface area contributed by atoms with E-state index in [4.69, 9.17) is 9.47 Å². The smallest absolute Gasteiger partial charge is 0.165 e. The van der Waals surface area contributed by atoms with E-state index in [9.17, 15) is 4.39 Å². The lowest BCUT2D eigenvalue weighted by Gasteiger charge is -2.17. The molecule has 0 unspecified atom stereocenters. The third-order valence-electron chi connectivity index (χ3n) is 3.90. The van der Waals surface area contributed by atoms with Crippen LogP contribution in [0.4, 0.5) is 15.9 Å². The molecule has 2 aromatic carbocycles. The Labute approximate surface area is 159 Å². The average molecular weight is 418 g/mol. The lowest BCUT2D eigenvalue weighted by atomic mass is 10.0. The number of nitrogens with one attached hydrogen (secondary N) is 1. The summed E-state index contributed by atoms with van der Waals surface area (Å²) < 4.78 is 25.9. The second-order valence-corrected chi connectivity index (χ2v) is 6.36. The number of benzene rings is 2. The first kappa shape index (κ1) is 18.1. The summed E-state index contributed by atoms with van der Waals surface area (Å²) in [6.45, 7) is 3.81. The van der Waals surface area contributed by atoms with Gasteiger partial charge in [0, 0.05) is 16.1 Å². The predicted octanol–water partition coefficient (Wildman–Crippen LogP) is 5.02. The maximum atomic E-state index is 14.3. The molecule has 0 fully saturated rings. The minimum atomic E-state index is -0.392. The van der Waals surface area contributed by atoms with E-state index in [1.54, 1.807) is 38.5 Å². The van der Waals surface area contributed by atoms with Gasteiger partial charge in [0.25, 0.3) is 0 Å². The molecule has 0 aliphatic heterocycles. The minimum Gasteiger partial charge on any atom is -0.493 e. The van der Waals surface area contributed by atoms with Crippen LogP contribution in [0.5, 0.6) is 11.5 Å². The molecule has 7 heteroatoms. The lowest BCUT2D eigenvalue weighted by Crippen LogP contribution is -2.03. The molecule has 0 aliphatic rings. The van der Waals surface area contributed by atoms with Crippen LogP contribution in [-0.2, 0) is 6.42 Å². The zero-order chi connectivity index (χ0) is 18.7. The predicted molar refractivity (Wildman–Crippen MR) is 104 cm³/mol. The molecule has 3 aromatic rings. The molecule has 26 heavy (non-hydrogen) atoms. The van der Waals surface area contributed by atoms with Gasteiger partial charge in [-0.25, -0.2) is 14.4 Å². The van der Waals surface area contributed by atoms with Gasteiger partial charge < -0.3 is 14.8 Å². The fourth-order valence-corrected chi connectivity index (χ4v) is 3.12. The van der Waals surface area contributed by atoms with Crippen LogP contribution in [0.15, 0.2) is 47.7 Å². The highest BCUT2D eigenvalue weighted by Crippen LogP contribution is 2.40. The first-order valence-electron chi connectivity index (χ1n) is 7.80. The highest BCUT2D eigenvalue weighted by Gasteiger charge is 2.19. The van der Waals surface area contributed by atoms with Crippen molar-refractivity contribution >= 4 is 38.3 Å². The molecule has 1 heterocycles. The Bertz CT molecular complexity index is 979. The molecule has 1 aromatic heterocycles. The number of halogens is 2. The number of rotatable bonds is 6. The second kappa shape index (κ2) is 7.70. The van der Waals surface area contributed by atoms with Crippen LogP contribution in [0.1, 0.15) is 5.56 Å². The number of hydrogen-bond donors (Lipinski definition) is 1. The largest absolute Gasteiger partial charge is 0.493 e. The topological polar surface area (TPSA) is 56.3 Å². The number of fused-ring (bicyclic) bond motifs is 1. The molecule has 0 saturated heterocycles. The van der Waals surface area contributed by atoms with Crippen molar-refractivity contribution in [2.24, 2.45) is 0 Å². The zero-order valence-electron chi connectivity index (χ0n) is 14.3. The van der Waals surface area contributed by atoms with E-state index in [1.807, 2.05) is 0 Å². The van der Waals surface area contributed by atoms with Crippen LogP contribution in [-0.4, -0.2) is 24.2 Å². The van der Waals surface area contributed by atoms with Gasteiger partial charge in [0.05, 0.1) is 30.8 Å². The van der Waals surface area contributed by atoms with E-state index in [0.29, 0.717) is 39.4 Å². The van der Waals surface area contributed by atoms with E-state index in [1.165, 1.54) is 12.4 Å². The quantitative estimate of drug-likeness (QED) is 0.570. The van der Waals surface area contributed by atoms with E-state index >= 15 is 0 Å². The number of nitrogens with zero attached hydrogens (tertiary/aromatic N) is 2. The van der Waals surface area contributed by atoms with Crippen LogP contribution in [0.25, 0.3) is 10.9 Å². The van der Waals surface area contributed by atoms with Gasteiger partial charge in [-0.15, -0.1) is 6.58 Å². The molecule has 0 amide bonds. The van der Waals surface area contributed by atoms with Crippen LogP contribution in [0, 0.1) is 5.82 Å². The standard InChI is InChI=1S/C19H17BrFN3O2/c1-4-5-12-17-15(9-16(25-2)18(12)26-3)22-10-23-19(17)24-14-7-6-11(20)8-13(14)21/h4,6-10H,1,5H2,2-3H3,(H,22,23,24). The molecule has 3 rings (SSSR count). The molecule has 0 aliphatic carbocycles. The Morgan fingerprint density at radius 1 is 1.23 bits per heavy atom. The van der Waals surface area contributed by atoms with Crippen LogP contribution in [0.3, 0.4) is 0 Å². The Kier molecular flexibility index (Phi) is 5.37. The second-order valence-electron chi connectivity index (χ2n) is 5.45. The molecule has 0 spiro atoms. The lowest BCUT2D eigenvalue weighted by molar-refractivity contribution is 0.353. The van der Waals surface area contributed by atoms with Gasteiger partial charge >= 0.3 is 0 Å². The summed E-state index contributed by atoms with van der Waals surface area (Å²) in [6, 6.07) is 6.55. The van der Waals surface area contributed by atoms with Gasteiger partial charge in [-0.05, 0) is 24.6 Å². The molecule has 1 N–H and O–H groups in total. The molecular weight excluding hydrogens is 401 g/mol.